The predicted octanol–water partition coefficient (Wildman–Crippen LogP) is 4.97. The van der Waals surface area contributed by atoms with Gasteiger partial charge in [0, 0.05) is 13.8 Å². The van der Waals surface area contributed by atoms with Crippen molar-refractivity contribution in [1.29, 1.82) is 0 Å². The highest BCUT2D eigenvalue weighted by Crippen LogP contribution is 2.36. The summed E-state index contributed by atoms with van der Waals surface area (Å²) in [6.45, 7) is 0. The van der Waals surface area contributed by atoms with Crippen molar-refractivity contribution >= 4 is 54.8 Å². The number of halogens is 3. The molecule has 0 amide bonds. The minimum absolute atomic E-state index is 0.195. The molecule has 84 valence electrons. The Morgan fingerprint density at radius 3 is 2.56 bits per heavy atom. The van der Waals surface area contributed by atoms with E-state index in [-0.39, 0.29) is 6.04 Å². The van der Waals surface area contributed by atoms with Gasteiger partial charge in [-0.15, -0.1) is 11.3 Å². The predicted molar refractivity (Wildman–Crippen MR) is 77.2 cm³/mol. The molecule has 0 bridgehead atoms. The zero-order valence-electron chi connectivity index (χ0n) is 8.08. The number of benzene rings is 1. The molecule has 0 aliphatic carbocycles. The molecule has 0 saturated carbocycles. The average molecular weight is 382 g/mol. The van der Waals surface area contributed by atoms with E-state index in [1.165, 1.54) is 0 Å². The molecule has 1 aromatic carbocycles. The van der Waals surface area contributed by atoms with Crippen LogP contribution in [0.25, 0.3) is 0 Å². The summed E-state index contributed by atoms with van der Waals surface area (Å²) in [5.41, 5.74) is 7.14. The lowest BCUT2D eigenvalue weighted by atomic mass is 10.1. The third kappa shape index (κ3) is 2.36. The van der Waals surface area contributed by atoms with Crippen LogP contribution in [0.1, 0.15) is 16.5 Å². The fourth-order valence-corrected chi connectivity index (χ4v) is 3.69. The van der Waals surface area contributed by atoms with E-state index in [0.29, 0.717) is 5.02 Å². The van der Waals surface area contributed by atoms with Crippen molar-refractivity contribution in [2.24, 2.45) is 5.73 Å². The fraction of sp³-hybridized carbons (Fsp3) is 0.0909. The van der Waals surface area contributed by atoms with E-state index in [0.717, 1.165) is 19.4 Å². The molecule has 1 nitrogen and oxygen atoms in total. The first-order valence-electron chi connectivity index (χ1n) is 4.53. The van der Waals surface area contributed by atoms with E-state index in [9.17, 15) is 0 Å². The van der Waals surface area contributed by atoms with Crippen LogP contribution < -0.4 is 5.73 Å². The van der Waals surface area contributed by atoms with Gasteiger partial charge < -0.3 is 5.73 Å². The van der Waals surface area contributed by atoms with Gasteiger partial charge in [-0.1, -0.05) is 23.7 Å². The first-order valence-corrected chi connectivity index (χ1v) is 7.38. The molecule has 2 aromatic rings. The van der Waals surface area contributed by atoms with Gasteiger partial charge in [0.15, 0.2) is 0 Å². The third-order valence-electron chi connectivity index (χ3n) is 2.24. The standard InChI is InChI=1S/C11H8Br2ClNS/c12-7-3-1-2-6(9(7)14)10(15)11-8(13)4-5-16-11/h1-5,10H,15H2. The molecule has 0 aliphatic rings. The van der Waals surface area contributed by atoms with Gasteiger partial charge in [-0.05, 0) is 54.9 Å². The Balaban J connectivity index is 2.46. The van der Waals surface area contributed by atoms with E-state index in [1.54, 1.807) is 11.3 Å². The Bertz CT molecular complexity index is 512. The molecule has 5 heteroatoms. The summed E-state index contributed by atoms with van der Waals surface area (Å²) < 4.78 is 1.90. The summed E-state index contributed by atoms with van der Waals surface area (Å²) in [6.07, 6.45) is 0. The lowest BCUT2D eigenvalue weighted by Gasteiger charge is -2.13. The third-order valence-corrected chi connectivity index (χ3v) is 5.51. The van der Waals surface area contributed by atoms with E-state index in [1.807, 2.05) is 29.6 Å². The topological polar surface area (TPSA) is 26.0 Å². The fourth-order valence-electron chi connectivity index (χ4n) is 1.43. The monoisotopic (exact) mass is 379 g/mol. The average Bonchev–Trinajstić information content (AvgIpc) is 2.68. The van der Waals surface area contributed by atoms with Gasteiger partial charge in [-0.3, -0.25) is 0 Å². The maximum absolute atomic E-state index is 6.22. The highest BCUT2D eigenvalue weighted by molar-refractivity contribution is 9.10. The summed E-state index contributed by atoms with van der Waals surface area (Å²) >= 11 is 14.7. The Hall–Kier alpha value is 0.130. The summed E-state index contributed by atoms with van der Waals surface area (Å²) in [6, 6.07) is 7.59. The lowest BCUT2D eigenvalue weighted by molar-refractivity contribution is 0.888. The van der Waals surface area contributed by atoms with E-state index >= 15 is 0 Å². The van der Waals surface area contributed by atoms with Crippen molar-refractivity contribution < 1.29 is 0 Å². The summed E-state index contributed by atoms with van der Waals surface area (Å²) in [5, 5.41) is 2.68. The first kappa shape index (κ1) is 12.6. The van der Waals surface area contributed by atoms with Crippen LogP contribution in [-0.2, 0) is 0 Å². The second-order valence-electron chi connectivity index (χ2n) is 3.25. The summed E-state index contributed by atoms with van der Waals surface area (Å²) in [7, 11) is 0. The largest absolute Gasteiger partial charge is 0.320 e. The van der Waals surface area contributed by atoms with Crippen LogP contribution in [0.5, 0.6) is 0 Å². The molecule has 1 atom stereocenters. The summed E-state index contributed by atoms with van der Waals surface area (Å²) in [4.78, 5) is 1.08. The smallest absolute Gasteiger partial charge is 0.0672 e. The van der Waals surface area contributed by atoms with Gasteiger partial charge in [0.05, 0.1) is 11.1 Å². The van der Waals surface area contributed by atoms with Crippen LogP contribution in [0, 0.1) is 0 Å². The van der Waals surface area contributed by atoms with Crippen molar-refractivity contribution in [3.8, 4) is 0 Å². The molecule has 0 spiro atoms. The molecule has 16 heavy (non-hydrogen) atoms. The van der Waals surface area contributed by atoms with Crippen molar-refractivity contribution in [3.63, 3.8) is 0 Å². The number of hydrogen-bond donors (Lipinski definition) is 1. The van der Waals surface area contributed by atoms with E-state index in [2.05, 4.69) is 31.9 Å². The van der Waals surface area contributed by atoms with Gasteiger partial charge in [-0.2, -0.15) is 0 Å². The number of hydrogen-bond acceptors (Lipinski definition) is 2. The summed E-state index contributed by atoms with van der Waals surface area (Å²) in [5.74, 6) is 0. The van der Waals surface area contributed by atoms with Gasteiger partial charge in [0.25, 0.3) is 0 Å². The van der Waals surface area contributed by atoms with Gasteiger partial charge >= 0.3 is 0 Å². The van der Waals surface area contributed by atoms with Crippen LogP contribution in [0.15, 0.2) is 38.6 Å². The number of thiophene rings is 1. The molecule has 0 aliphatic heterocycles. The first-order chi connectivity index (χ1) is 7.61. The molecule has 0 radical (unpaired) electrons. The highest BCUT2D eigenvalue weighted by Gasteiger charge is 2.17. The van der Waals surface area contributed by atoms with Gasteiger partial charge in [-0.25, -0.2) is 0 Å². The van der Waals surface area contributed by atoms with Crippen molar-refractivity contribution in [3.05, 3.63) is 54.1 Å². The molecule has 1 unspecified atom stereocenters. The second-order valence-corrected chi connectivity index (χ2v) is 6.29. The van der Waals surface area contributed by atoms with Crippen LogP contribution in [0.4, 0.5) is 0 Å². The number of nitrogens with two attached hydrogens (primary N) is 1. The second kappa shape index (κ2) is 5.19. The Kier molecular flexibility index (Phi) is 4.08. The molecule has 0 saturated heterocycles. The minimum atomic E-state index is -0.195. The quantitative estimate of drug-likeness (QED) is 0.780. The molecule has 0 fully saturated rings. The Morgan fingerprint density at radius 1 is 1.19 bits per heavy atom. The van der Waals surface area contributed by atoms with Crippen molar-refractivity contribution in [1.82, 2.24) is 0 Å². The molecule has 2 N–H and O–H groups in total. The lowest BCUT2D eigenvalue weighted by Crippen LogP contribution is -2.11. The molecular formula is C11H8Br2ClNS. The van der Waals surface area contributed by atoms with Crippen LogP contribution >= 0.6 is 54.8 Å². The SMILES string of the molecule is NC(c1cccc(Br)c1Cl)c1sccc1Br. The molecule has 1 aromatic heterocycles. The van der Waals surface area contributed by atoms with Gasteiger partial charge in [0.1, 0.15) is 0 Å². The maximum Gasteiger partial charge on any atom is 0.0672 e. The van der Waals surface area contributed by atoms with Crippen LogP contribution in [-0.4, -0.2) is 0 Å². The zero-order chi connectivity index (χ0) is 11.7. The number of rotatable bonds is 2. The molecule has 2 rings (SSSR count). The highest BCUT2D eigenvalue weighted by atomic mass is 79.9. The maximum atomic E-state index is 6.22. The van der Waals surface area contributed by atoms with E-state index < -0.39 is 0 Å². The normalized spacial score (nSPS) is 12.8. The van der Waals surface area contributed by atoms with Crippen LogP contribution in [0.3, 0.4) is 0 Å². The van der Waals surface area contributed by atoms with Crippen molar-refractivity contribution in [2.75, 3.05) is 0 Å². The van der Waals surface area contributed by atoms with E-state index in [4.69, 9.17) is 17.3 Å². The molecule has 1 heterocycles. The van der Waals surface area contributed by atoms with Crippen molar-refractivity contribution in [2.45, 2.75) is 6.04 Å². The zero-order valence-corrected chi connectivity index (χ0v) is 12.8. The Labute approximate surface area is 120 Å². The minimum Gasteiger partial charge on any atom is -0.320 e. The molecular weight excluding hydrogens is 373 g/mol. The van der Waals surface area contributed by atoms with Gasteiger partial charge in [0.2, 0.25) is 0 Å². The Morgan fingerprint density at radius 2 is 1.94 bits per heavy atom. The van der Waals surface area contributed by atoms with Crippen LogP contribution in [0.2, 0.25) is 5.02 Å².